The normalized spacial score (nSPS) is 22.3. The molecule has 0 radical (unpaired) electrons. The van der Waals surface area contributed by atoms with Crippen molar-refractivity contribution in [3.63, 3.8) is 0 Å². The molecule has 108 valence electrons. The van der Waals surface area contributed by atoms with Gasteiger partial charge in [0.15, 0.2) is 15.7 Å². The Morgan fingerprint density at radius 1 is 1.21 bits per heavy atom. The zero-order chi connectivity index (χ0) is 14.0. The third-order valence-electron chi connectivity index (χ3n) is 3.47. The highest BCUT2D eigenvalue weighted by Gasteiger charge is 2.26. The van der Waals surface area contributed by atoms with E-state index in [0.29, 0.717) is 24.7 Å². The molecule has 0 unspecified atom stereocenters. The van der Waals surface area contributed by atoms with Crippen molar-refractivity contribution in [2.24, 2.45) is 0 Å². The predicted octanol–water partition coefficient (Wildman–Crippen LogP) is 1.37. The second-order valence-electron chi connectivity index (χ2n) is 5.36. The Bertz CT molecular complexity index is 524. The summed E-state index contributed by atoms with van der Waals surface area (Å²) >= 11 is 0. The third kappa shape index (κ3) is 3.54. The van der Waals surface area contributed by atoms with Gasteiger partial charge in [-0.1, -0.05) is 19.0 Å². The molecule has 0 amide bonds. The average molecular weight is 287 g/mol. The first-order valence-electron chi connectivity index (χ1n) is 6.67. The van der Waals surface area contributed by atoms with Crippen molar-refractivity contribution in [2.75, 3.05) is 24.6 Å². The molecule has 0 bridgehead atoms. The standard InChI is InChI=1S/C12H21N3O3S/c1-9(2)11-13-12(18-14-11)10(3)15-5-4-7-19(16,17)8-6-15/h9-10H,4-8H2,1-3H3/t10-/m0/s1. The summed E-state index contributed by atoms with van der Waals surface area (Å²) in [5, 5.41) is 3.95. The molecule has 7 heteroatoms. The van der Waals surface area contributed by atoms with Crippen LogP contribution in [0.5, 0.6) is 0 Å². The van der Waals surface area contributed by atoms with Crippen LogP contribution in [0.25, 0.3) is 0 Å². The van der Waals surface area contributed by atoms with Crippen molar-refractivity contribution in [3.8, 4) is 0 Å². The summed E-state index contributed by atoms with van der Waals surface area (Å²) in [6.07, 6.45) is 0.665. The van der Waals surface area contributed by atoms with E-state index in [0.717, 1.165) is 6.54 Å². The molecule has 2 rings (SSSR count). The Labute approximate surface area is 114 Å². The van der Waals surface area contributed by atoms with Gasteiger partial charge in [-0.2, -0.15) is 4.98 Å². The average Bonchev–Trinajstić information content (AvgIpc) is 2.75. The van der Waals surface area contributed by atoms with Crippen molar-refractivity contribution < 1.29 is 12.9 Å². The molecule has 0 spiro atoms. The van der Waals surface area contributed by atoms with Gasteiger partial charge in [-0.15, -0.1) is 0 Å². The van der Waals surface area contributed by atoms with Gasteiger partial charge in [-0.25, -0.2) is 8.42 Å². The summed E-state index contributed by atoms with van der Waals surface area (Å²) in [6.45, 7) is 7.29. The zero-order valence-electron chi connectivity index (χ0n) is 11.7. The molecule has 1 atom stereocenters. The van der Waals surface area contributed by atoms with Gasteiger partial charge in [0.25, 0.3) is 0 Å². The van der Waals surface area contributed by atoms with E-state index in [9.17, 15) is 8.42 Å². The highest BCUT2D eigenvalue weighted by atomic mass is 32.2. The van der Waals surface area contributed by atoms with Crippen molar-refractivity contribution in [2.45, 2.75) is 39.2 Å². The fraction of sp³-hybridized carbons (Fsp3) is 0.833. The maximum absolute atomic E-state index is 11.6. The lowest BCUT2D eigenvalue weighted by atomic mass is 10.2. The summed E-state index contributed by atoms with van der Waals surface area (Å²) < 4.78 is 28.5. The number of rotatable bonds is 3. The fourth-order valence-corrected chi connectivity index (χ4v) is 3.44. The number of hydrogen-bond acceptors (Lipinski definition) is 6. The van der Waals surface area contributed by atoms with Crippen LogP contribution in [0.1, 0.15) is 50.9 Å². The Morgan fingerprint density at radius 2 is 1.95 bits per heavy atom. The highest BCUT2D eigenvalue weighted by Crippen LogP contribution is 2.22. The molecule has 1 aromatic rings. The number of hydrogen-bond donors (Lipinski definition) is 0. The first-order valence-corrected chi connectivity index (χ1v) is 8.49. The summed E-state index contributed by atoms with van der Waals surface area (Å²) in [4.78, 5) is 6.48. The maximum atomic E-state index is 11.6. The smallest absolute Gasteiger partial charge is 0.243 e. The molecule has 19 heavy (non-hydrogen) atoms. The van der Waals surface area contributed by atoms with E-state index < -0.39 is 9.84 Å². The van der Waals surface area contributed by atoms with Crippen LogP contribution in [-0.4, -0.2) is 48.1 Å². The Hall–Kier alpha value is -0.950. The maximum Gasteiger partial charge on any atom is 0.243 e. The Kier molecular flexibility index (Phi) is 4.25. The molecule has 6 nitrogen and oxygen atoms in total. The quantitative estimate of drug-likeness (QED) is 0.836. The van der Waals surface area contributed by atoms with Crippen molar-refractivity contribution in [3.05, 3.63) is 11.7 Å². The molecule has 1 fully saturated rings. The van der Waals surface area contributed by atoms with Crippen LogP contribution in [-0.2, 0) is 9.84 Å². The van der Waals surface area contributed by atoms with Crippen LogP contribution in [0.15, 0.2) is 4.52 Å². The van der Waals surface area contributed by atoms with Gasteiger partial charge in [0.05, 0.1) is 17.5 Å². The van der Waals surface area contributed by atoms with Crippen LogP contribution in [0, 0.1) is 0 Å². The van der Waals surface area contributed by atoms with E-state index in [4.69, 9.17) is 4.52 Å². The van der Waals surface area contributed by atoms with Crippen LogP contribution in [0.4, 0.5) is 0 Å². The molecule has 1 aliphatic rings. The minimum absolute atomic E-state index is 0.0340. The van der Waals surface area contributed by atoms with Gasteiger partial charge in [0, 0.05) is 12.5 Å². The lowest BCUT2D eigenvalue weighted by Crippen LogP contribution is -2.30. The minimum atomic E-state index is -2.88. The monoisotopic (exact) mass is 287 g/mol. The molecule has 0 aliphatic carbocycles. The molecule has 0 aromatic carbocycles. The van der Waals surface area contributed by atoms with Gasteiger partial charge >= 0.3 is 0 Å². The van der Waals surface area contributed by atoms with E-state index in [1.165, 1.54) is 0 Å². The summed E-state index contributed by atoms with van der Waals surface area (Å²) in [7, 11) is -2.88. The van der Waals surface area contributed by atoms with E-state index in [1.54, 1.807) is 0 Å². The van der Waals surface area contributed by atoms with E-state index >= 15 is 0 Å². The van der Waals surface area contributed by atoms with Gasteiger partial charge in [0.2, 0.25) is 5.89 Å². The van der Waals surface area contributed by atoms with Crippen LogP contribution >= 0.6 is 0 Å². The summed E-state index contributed by atoms with van der Waals surface area (Å²) in [5.74, 6) is 1.99. The summed E-state index contributed by atoms with van der Waals surface area (Å²) in [5.41, 5.74) is 0. The number of sulfone groups is 1. The fourth-order valence-electron chi connectivity index (χ4n) is 2.15. The molecule has 0 saturated carbocycles. The van der Waals surface area contributed by atoms with Gasteiger partial charge in [-0.05, 0) is 19.9 Å². The molecular weight excluding hydrogens is 266 g/mol. The third-order valence-corrected chi connectivity index (χ3v) is 5.18. The van der Waals surface area contributed by atoms with Crippen molar-refractivity contribution >= 4 is 9.84 Å². The molecule has 2 heterocycles. The van der Waals surface area contributed by atoms with Crippen molar-refractivity contribution in [1.29, 1.82) is 0 Å². The highest BCUT2D eigenvalue weighted by molar-refractivity contribution is 7.91. The number of nitrogens with zero attached hydrogens (tertiary/aromatic N) is 3. The minimum Gasteiger partial charge on any atom is -0.338 e. The number of aromatic nitrogens is 2. The summed E-state index contributed by atoms with van der Waals surface area (Å²) in [6, 6.07) is -0.0340. The largest absolute Gasteiger partial charge is 0.338 e. The topological polar surface area (TPSA) is 76.3 Å². The molecule has 1 saturated heterocycles. The molecule has 1 aliphatic heterocycles. The van der Waals surface area contributed by atoms with Gasteiger partial charge in [0.1, 0.15) is 0 Å². The predicted molar refractivity (Wildman–Crippen MR) is 71.6 cm³/mol. The van der Waals surface area contributed by atoms with E-state index in [-0.39, 0.29) is 23.5 Å². The zero-order valence-corrected chi connectivity index (χ0v) is 12.5. The first-order chi connectivity index (χ1) is 8.89. The van der Waals surface area contributed by atoms with Crippen LogP contribution in [0.2, 0.25) is 0 Å². The molecule has 0 N–H and O–H groups in total. The van der Waals surface area contributed by atoms with Crippen LogP contribution < -0.4 is 0 Å². The van der Waals surface area contributed by atoms with Crippen LogP contribution in [0.3, 0.4) is 0 Å². The first kappa shape index (κ1) is 14.5. The second kappa shape index (κ2) is 5.58. The second-order valence-corrected chi connectivity index (χ2v) is 7.67. The SMILES string of the molecule is CC(C)c1noc([C@H](C)N2CCCS(=O)(=O)CC2)n1. The van der Waals surface area contributed by atoms with Crippen molar-refractivity contribution in [1.82, 2.24) is 15.0 Å². The van der Waals surface area contributed by atoms with Gasteiger partial charge < -0.3 is 4.52 Å². The molecular formula is C12H21N3O3S. The van der Waals surface area contributed by atoms with Gasteiger partial charge in [-0.3, -0.25) is 4.90 Å². The lowest BCUT2D eigenvalue weighted by Gasteiger charge is -2.23. The van der Waals surface area contributed by atoms with E-state index in [2.05, 4.69) is 15.0 Å². The Morgan fingerprint density at radius 3 is 2.58 bits per heavy atom. The van der Waals surface area contributed by atoms with E-state index in [1.807, 2.05) is 20.8 Å². The Balaban J connectivity index is 2.08. The molecule has 1 aromatic heterocycles. The lowest BCUT2D eigenvalue weighted by molar-refractivity contribution is 0.185.